The highest BCUT2D eigenvalue weighted by Gasteiger charge is 2.31. The summed E-state index contributed by atoms with van der Waals surface area (Å²) in [5.74, 6) is 0. The zero-order valence-electron chi connectivity index (χ0n) is 8.35. The number of hydrogen-bond acceptors (Lipinski definition) is 4. The molecule has 2 rings (SSSR count). The molecule has 0 spiro atoms. The van der Waals surface area contributed by atoms with E-state index in [1.165, 1.54) is 18.3 Å². The fourth-order valence-electron chi connectivity index (χ4n) is 1.34. The molecule has 17 heavy (non-hydrogen) atoms. The van der Waals surface area contributed by atoms with Crippen molar-refractivity contribution in [3.05, 3.63) is 46.5 Å². The van der Waals surface area contributed by atoms with E-state index in [4.69, 9.17) is 0 Å². The van der Waals surface area contributed by atoms with Gasteiger partial charge in [-0.1, -0.05) is 16.6 Å². The Balaban J connectivity index is 2.34. The minimum atomic E-state index is -4.42. The highest BCUT2D eigenvalue weighted by molar-refractivity contribution is 7.05. The van der Waals surface area contributed by atoms with Gasteiger partial charge in [0, 0.05) is 0 Å². The Hall–Kier alpha value is -1.47. The molecule has 90 valence electrons. The molecular formula is C10H7F3N2OS. The molecule has 0 amide bonds. The SMILES string of the molecule is OC(c1cccc(C(F)(F)F)c1)c1cnns1. The highest BCUT2D eigenvalue weighted by Crippen LogP contribution is 2.32. The summed E-state index contributed by atoms with van der Waals surface area (Å²) in [5, 5.41) is 13.4. The molecule has 1 aromatic carbocycles. The monoisotopic (exact) mass is 260 g/mol. The normalized spacial score (nSPS) is 13.6. The van der Waals surface area contributed by atoms with Gasteiger partial charge in [-0.15, -0.1) is 5.10 Å². The molecule has 7 heteroatoms. The van der Waals surface area contributed by atoms with Crippen molar-refractivity contribution in [2.75, 3.05) is 0 Å². The van der Waals surface area contributed by atoms with Gasteiger partial charge < -0.3 is 5.11 Å². The molecule has 0 radical (unpaired) electrons. The summed E-state index contributed by atoms with van der Waals surface area (Å²) in [6.45, 7) is 0. The molecule has 0 aliphatic rings. The van der Waals surface area contributed by atoms with Crippen LogP contribution in [0.4, 0.5) is 13.2 Å². The molecule has 1 unspecified atom stereocenters. The number of aromatic nitrogens is 2. The summed E-state index contributed by atoms with van der Waals surface area (Å²) in [6.07, 6.45) is -4.21. The van der Waals surface area contributed by atoms with Gasteiger partial charge >= 0.3 is 6.18 Å². The number of alkyl halides is 3. The quantitative estimate of drug-likeness (QED) is 0.902. The number of rotatable bonds is 2. The van der Waals surface area contributed by atoms with Gasteiger partial charge in [-0.25, -0.2) is 0 Å². The van der Waals surface area contributed by atoms with Crippen LogP contribution in [-0.4, -0.2) is 14.7 Å². The summed E-state index contributed by atoms with van der Waals surface area (Å²) in [6, 6.07) is 4.57. The summed E-state index contributed by atoms with van der Waals surface area (Å²) in [4.78, 5) is 0.407. The van der Waals surface area contributed by atoms with Crippen molar-refractivity contribution in [2.45, 2.75) is 12.3 Å². The van der Waals surface area contributed by atoms with E-state index in [9.17, 15) is 18.3 Å². The summed E-state index contributed by atoms with van der Waals surface area (Å²) >= 11 is 0.947. The minimum Gasteiger partial charge on any atom is -0.383 e. The number of hydrogen-bond donors (Lipinski definition) is 1. The predicted molar refractivity (Wildman–Crippen MR) is 55.4 cm³/mol. The number of nitrogens with zero attached hydrogens (tertiary/aromatic N) is 2. The van der Waals surface area contributed by atoms with Crippen molar-refractivity contribution in [3.63, 3.8) is 0 Å². The Labute approximate surface area is 98.7 Å². The molecule has 0 saturated heterocycles. The van der Waals surface area contributed by atoms with Crippen molar-refractivity contribution in [2.24, 2.45) is 0 Å². The smallest absolute Gasteiger partial charge is 0.383 e. The molecule has 0 aliphatic heterocycles. The zero-order chi connectivity index (χ0) is 12.5. The molecule has 0 bridgehead atoms. The summed E-state index contributed by atoms with van der Waals surface area (Å²) in [5.41, 5.74) is -0.614. The van der Waals surface area contributed by atoms with E-state index in [-0.39, 0.29) is 5.56 Å². The molecule has 0 fully saturated rings. The average Bonchev–Trinajstić information content (AvgIpc) is 2.80. The second-order valence-electron chi connectivity index (χ2n) is 3.35. The lowest BCUT2D eigenvalue weighted by Gasteiger charge is -2.11. The lowest BCUT2D eigenvalue weighted by atomic mass is 10.1. The van der Waals surface area contributed by atoms with Crippen molar-refractivity contribution >= 4 is 11.5 Å². The molecule has 2 aromatic rings. The van der Waals surface area contributed by atoms with Crippen LogP contribution in [0.2, 0.25) is 0 Å². The van der Waals surface area contributed by atoms with Crippen LogP contribution < -0.4 is 0 Å². The molecule has 0 saturated carbocycles. The number of halogens is 3. The first-order chi connectivity index (χ1) is 7.98. The maximum absolute atomic E-state index is 12.5. The van der Waals surface area contributed by atoms with Crippen LogP contribution in [0.25, 0.3) is 0 Å². The number of benzene rings is 1. The first kappa shape index (κ1) is 12.0. The first-order valence-electron chi connectivity index (χ1n) is 4.61. The minimum absolute atomic E-state index is 0.172. The van der Waals surface area contributed by atoms with Gasteiger partial charge in [0.15, 0.2) is 0 Å². The summed E-state index contributed by atoms with van der Waals surface area (Å²) < 4.78 is 41.0. The van der Waals surface area contributed by atoms with E-state index >= 15 is 0 Å². The third-order valence-electron chi connectivity index (χ3n) is 2.18. The Morgan fingerprint density at radius 2 is 2.06 bits per heavy atom. The Morgan fingerprint density at radius 1 is 1.29 bits per heavy atom. The van der Waals surface area contributed by atoms with Crippen LogP contribution in [0.1, 0.15) is 22.1 Å². The van der Waals surface area contributed by atoms with E-state index in [0.717, 1.165) is 23.7 Å². The van der Waals surface area contributed by atoms with Gasteiger partial charge in [0.05, 0.1) is 16.6 Å². The van der Waals surface area contributed by atoms with Gasteiger partial charge in [0.2, 0.25) is 0 Å². The van der Waals surface area contributed by atoms with Crippen molar-refractivity contribution in [1.82, 2.24) is 9.59 Å². The number of aliphatic hydroxyl groups is 1. The van der Waals surface area contributed by atoms with Crippen LogP contribution >= 0.6 is 11.5 Å². The van der Waals surface area contributed by atoms with Crippen LogP contribution in [0.3, 0.4) is 0 Å². The number of aliphatic hydroxyl groups excluding tert-OH is 1. The Morgan fingerprint density at radius 3 is 2.65 bits per heavy atom. The zero-order valence-corrected chi connectivity index (χ0v) is 9.16. The molecule has 3 nitrogen and oxygen atoms in total. The topological polar surface area (TPSA) is 46.0 Å². The van der Waals surface area contributed by atoms with Gasteiger partial charge in [0.25, 0.3) is 0 Å². The van der Waals surface area contributed by atoms with Crippen LogP contribution in [0.5, 0.6) is 0 Å². The van der Waals surface area contributed by atoms with Crippen LogP contribution in [0, 0.1) is 0 Å². The maximum atomic E-state index is 12.5. The third-order valence-corrected chi connectivity index (χ3v) is 2.89. The molecular weight excluding hydrogens is 253 g/mol. The predicted octanol–water partition coefficient (Wildman–Crippen LogP) is 2.64. The van der Waals surface area contributed by atoms with Gasteiger partial charge in [-0.2, -0.15) is 13.2 Å². The van der Waals surface area contributed by atoms with Gasteiger partial charge in [-0.05, 0) is 29.2 Å². The lowest BCUT2D eigenvalue weighted by Crippen LogP contribution is -2.06. The van der Waals surface area contributed by atoms with Crippen molar-refractivity contribution in [3.8, 4) is 0 Å². The first-order valence-corrected chi connectivity index (χ1v) is 5.38. The molecule has 0 aliphatic carbocycles. The standard InChI is InChI=1S/C10H7F3N2OS/c11-10(12,13)7-3-1-2-6(4-7)9(16)8-5-14-15-17-8/h1-5,9,16H. The van der Waals surface area contributed by atoms with Gasteiger partial charge in [0.1, 0.15) is 6.10 Å². The van der Waals surface area contributed by atoms with E-state index in [1.54, 1.807) is 0 Å². The van der Waals surface area contributed by atoms with E-state index < -0.39 is 17.8 Å². The largest absolute Gasteiger partial charge is 0.416 e. The van der Waals surface area contributed by atoms with E-state index in [1.807, 2.05) is 0 Å². The maximum Gasteiger partial charge on any atom is 0.416 e. The Kier molecular flexibility index (Phi) is 3.12. The molecule has 1 heterocycles. The summed E-state index contributed by atoms with van der Waals surface area (Å²) in [7, 11) is 0. The van der Waals surface area contributed by atoms with Crippen LogP contribution in [0.15, 0.2) is 30.5 Å². The van der Waals surface area contributed by atoms with Crippen molar-refractivity contribution in [1.29, 1.82) is 0 Å². The fraction of sp³-hybridized carbons (Fsp3) is 0.200. The highest BCUT2D eigenvalue weighted by atomic mass is 32.1. The second kappa shape index (κ2) is 4.42. The third kappa shape index (κ3) is 2.62. The van der Waals surface area contributed by atoms with E-state index in [2.05, 4.69) is 9.59 Å². The molecule has 1 aromatic heterocycles. The van der Waals surface area contributed by atoms with Crippen LogP contribution in [-0.2, 0) is 6.18 Å². The molecule has 1 N–H and O–H groups in total. The Bertz CT molecular complexity index is 499. The molecule has 1 atom stereocenters. The van der Waals surface area contributed by atoms with Gasteiger partial charge in [-0.3, -0.25) is 0 Å². The average molecular weight is 260 g/mol. The van der Waals surface area contributed by atoms with Crippen molar-refractivity contribution < 1.29 is 18.3 Å². The fourth-order valence-corrected chi connectivity index (χ4v) is 1.86. The lowest BCUT2D eigenvalue weighted by molar-refractivity contribution is -0.137. The van der Waals surface area contributed by atoms with E-state index in [0.29, 0.717) is 4.88 Å². The second-order valence-corrected chi connectivity index (χ2v) is 4.16.